The van der Waals surface area contributed by atoms with Gasteiger partial charge in [-0.3, -0.25) is 14.6 Å². The van der Waals surface area contributed by atoms with Crippen LogP contribution in [0.1, 0.15) is 41.0 Å². The number of amides is 2. The number of fused-ring (bicyclic) bond motifs is 1. The topological polar surface area (TPSA) is 62.3 Å². The van der Waals surface area contributed by atoms with Gasteiger partial charge in [0.15, 0.2) is 0 Å². The van der Waals surface area contributed by atoms with E-state index < -0.39 is 0 Å². The Kier molecular flexibility index (Phi) is 6.27. The first kappa shape index (κ1) is 20.5. The third kappa shape index (κ3) is 4.45. The van der Waals surface area contributed by atoms with Crippen LogP contribution in [0.3, 0.4) is 0 Å². The molecule has 0 atom stereocenters. The van der Waals surface area contributed by atoms with Gasteiger partial charge in [0.1, 0.15) is 0 Å². The number of nitrogens with one attached hydrogen (secondary N) is 1. The standard InChI is InChI=1S/C24H27N3O2/c1-5-27(6-2)24(29)18-10-9-11-19(14-18)26-23(28)15-21-16(3)20-12-7-8-13-22(20)25-17(21)4/h7-14H,5-6,15H2,1-4H3,(H,26,28). The number of carbonyl (C=O) groups excluding carboxylic acids is 2. The molecule has 5 nitrogen and oxygen atoms in total. The average molecular weight is 389 g/mol. The van der Waals surface area contributed by atoms with Crippen molar-refractivity contribution < 1.29 is 9.59 Å². The van der Waals surface area contributed by atoms with Crippen molar-refractivity contribution in [1.82, 2.24) is 9.88 Å². The van der Waals surface area contributed by atoms with Crippen molar-refractivity contribution in [2.45, 2.75) is 34.1 Å². The fourth-order valence-electron chi connectivity index (χ4n) is 3.62. The van der Waals surface area contributed by atoms with Gasteiger partial charge in [0.25, 0.3) is 5.91 Å². The normalized spacial score (nSPS) is 10.8. The summed E-state index contributed by atoms with van der Waals surface area (Å²) in [6.45, 7) is 9.18. The molecular weight excluding hydrogens is 362 g/mol. The molecule has 0 radical (unpaired) electrons. The quantitative estimate of drug-likeness (QED) is 0.674. The zero-order valence-electron chi connectivity index (χ0n) is 17.5. The fourth-order valence-corrected chi connectivity index (χ4v) is 3.62. The summed E-state index contributed by atoms with van der Waals surface area (Å²) in [6.07, 6.45) is 0.240. The van der Waals surface area contributed by atoms with Gasteiger partial charge in [-0.2, -0.15) is 0 Å². The van der Waals surface area contributed by atoms with Crippen LogP contribution in [0, 0.1) is 13.8 Å². The number of hydrogen-bond acceptors (Lipinski definition) is 3. The van der Waals surface area contributed by atoms with Crippen molar-refractivity contribution in [3.05, 3.63) is 70.9 Å². The van der Waals surface area contributed by atoms with Crippen LogP contribution in [0.5, 0.6) is 0 Å². The van der Waals surface area contributed by atoms with E-state index in [1.165, 1.54) is 0 Å². The lowest BCUT2D eigenvalue weighted by atomic mass is 9.99. The molecule has 0 aliphatic rings. The Labute approximate surface area is 171 Å². The average Bonchev–Trinajstić information content (AvgIpc) is 2.72. The van der Waals surface area contributed by atoms with Crippen LogP contribution in [-0.4, -0.2) is 34.8 Å². The number of para-hydroxylation sites is 1. The van der Waals surface area contributed by atoms with E-state index in [1.54, 1.807) is 29.2 Å². The van der Waals surface area contributed by atoms with Crippen molar-refractivity contribution in [2.24, 2.45) is 0 Å². The number of nitrogens with zero attached hydrogens (tertiary/aromatic N) is 2. The van der Waals surface area contributed by atoms with Gasteiger partial charge < -0.3 is 10.2 Å². The monoisotopic (exact) mass is 389 g/mol. The summed E-state index contributed by atoms with van der Waals surface area (Å²) in [7, 11) is 0. The number of anilines is 1. The van der Waals surface area contributed by atoms with E-state index >= 15 is 0 Å². The highest BCUT2D eigenvalue weighted by Gasteiger charge is 2.15. The minimum Gasteiger partial charge on any atom is -0.339 e. The van der Waals surface area contributed by atoms with Gasteiger partial charge in [0.2, 0.25) is 5.91 Å². The van der Waals surface area contributed by atoms with Crippen molar-refractivity contribution in [1.29, 1.82) is 0 Å². The van der Waals surface area contributed by atoms with E-state index in [2.05, 4.69) is 10.3 Å². The first-order chi connectivity index (χ1) is 13.9. The first-order valence-electron chi connectivity index (χ1n) is 9.98. The Morgan fingerprint density at radius 2 is 1.72 bits per heavy atom. The number of hydrogen-bond donors (Lipinski definition) is 1. The minimum atomic E-state index is -0.124. The summed E-state index contributed by atoms with van der Waals surface area (Å²) in [5.41, 5.74) is 5.02. The largest absolute Gasteiger partial charge is 0.339 e. The zero-order chi connectivity index (χ0) is 21.0. The molecule has 0 fully saturated rings. The van der Waals surface area contributed by atoms with E-state index in [9.17, 15) is 9.59 Å². The SMILES string of the molecule is CCN(CC)C(=O)c1cccc(NC(=O)Cc2c(C)nc3ccccc3c2C)c1. The van der Waals surface area contributed by atoms with Crippen LogP contribution < -0.4 is 5.32 Å². The number of aromatic nitrogens is 1. The highest BCUT2D eigenvalue weighted by atomic mass is 16.2. The summed E-state index contributed by atoms with van der Waals surface area (Å²) < 4.78 is 0. The molecule has 3 aromatic rings. The first-order valence-corrected chi connectivity index (χ1v) is 9.98. The summed E-state index contributed by atoms with van der Waals surface area (Å²) in [4.78, 5) is 31.7. The molecule has 0 aliphatic carbocycles. The summed E-state index contributed by atoms with van der Waals surface area (Å²) >= 11 is 0. The molecule has 0 bridgehead atoms. The van der Waals surface area contributed by atoms with Crippen LogP contribution in [0.2, 0.25) is 0 Å². The van der Waals surface area contributed by atoms with Crippen molar-refractivity contribution in [2.75, 3.05) is 18.4 Å². The van der Waals surface area contributed by atoms with Gasteiger partial charge in [-0.25, -0.2) is 0 Å². The number of benzene rings is 2. The molecule has 150 valence electrons. The van der Waals surface area contributed by atoms with Crippen LogP contribution in [0.25, 0.3) is 10.9 Å². The van der Waals surface area contributed by atoms with Gasteiger partial charge >= 0.3 is 0 Å². The molecule has 29 heavy (non-hydrogen) atoms. The van der Waals surface area contributed by atoms with Crippen molar-refractivity contribution in [3.63, 3.8) is 0 Å². The van der Waals surface area contributed by atoms with Gasteiger partial charge in [-0.15, -0.1) is 0 Å². The summed E-state index contributed by atoms with van der Waals surface area (Å²) in [5.74, 6) is -0.155. The van der Waals surface area contributed by atoms with E-state index in [0.717, 1.165) is 27.7 Å². The van der Waals surface area contributed by atoms with Crippen LogP contribution in [0.4, 0.5) is 5.69 Å². The number of rotatable bonds is 6. The number of pyridine rings is 1. The van der Waals surface area contributed by atoms with Gasteiger partial charge in [-0.05, 0) is 63.1 Å². The number of aryl methyl sites for hydroxylation is 2. The second kappa shape index (κ2) is 8.86. The molecule has 0 aliphatic heterocycles. The molecule has 5 heteroatoms. The molecule has 0 unspecified atom stereocenters. The molecule has 2 aromatic carbocycles. The third-order valence-corrected chi connectivity index (χ3v) is 5.27. The lowest BCUT2D eigenvalue weighted by Gasteiger charge is -2.19. The highest BCUT2D eigenvalue weighted by molar-refractivity contribution is 5.98. The van der Waals surface area contributed by atoms with Crippen LogP contribution in [-0.2, 0) is 11.2 Å². The lowest BCUT2D eigenvalue weighted by molar-refractivity contribution is -0.115. The highest BCUT2D eigenvalue weighted by Crippen LogP contribution is 2.23. The van der Waals surface area contributed by atoms with Crippen molar-refractivity contribution >= 4 is 28.4 Å². The van der Waals surface area contributed by atoms with Gasteiger partial charge in [0, 0.05) is 35.4 Å². The van der Waals surface area contributed by atoms with E-state index in [1.807, 2.05) is 52.0 Å². The van der Waals surface area contributed by atoms with Crippen LogP contribution in [0.15, 0.2) is 48.5 Å². The maximum atomic E-state index is 12.7. The maximum absolute atomic E-state index is 12.7. The van der Waals surface area contributed by atoms with Crippen LogP contribution >= 0.6 is 0 Å². The molecule has 0 spiro atoms. The predicted octanol–water partition coefficient (Wildman–Crippen LogP) is 4.51. The molecule has 1 N–H and O–H groups in total. The second-order valence-electron chi connectivity index (χ2n) is 7.10. The van der Waals surface area contributed by atoms with E-state index in [-0.39, 0.29) is 18.2 Å². The third-order valence-electron chi connectivity index (χ3n) is 5.27. The maximum Gasteiger partial charge on any atom is 0.253 e. The molecule has 2 amide bonds. The summed E-state index contributed by atoms with van der Waals surface area (Å²) in [5, 5.41) is 3.99. The minimum absolute atomic E-state index is 0.0310. The molecule has 0 saturated carbocycles. The van der Waals surface area contributed by atoms with Gasteiger partial charge in [-0.1, -0.05) is 24.3 Å². The number of carbonyl (C=O) groups is 2. The molecule has 1 heterocycles. The fraction of sp³-hybridized carbons (Fsp3) is 0.292. The Hall–Kier alpha value is -3.21. The molecule has 1 aromatic heterocycles. The van der Waals surface area contributed by atoms with Crippen molar-refractivity contribution in [3.8, 4) is 0 Å². The predicted molar refractivity (Wildman–Crippen MR) is 117 cm³/mol. The Morgan fingerprint density at radius 1 is 1.00 bits per heavy atom. The zero-order valence-corrected chi connectivity index (χ0v) is 17.5. The molecule has 0 saturated heterocycles. The van der Waals surface area contributed by atoms with E-state index in [0.29, 0.717) is 24.3 Å². The smallest absolute Gasteiger partial charge is 0.253 e. The van der Waals surface area contributed by atoms with E-state index in [4.69, 9.17) is 0 Å². The Morgan fingerprint density at radius 3 is 2.45 bits per heavy atom. The molecule has 3 rings (SSSR count). The Bertz CT molecular complexity index is 1060. The second-order valence-corrected chi connectivity index (χ2v) is 7.10. The molecular formula is C24H27N3O2. The lowest BCUT2D eigenvalue weighted by Crippen LogP contribution is -2.30. The summed E-state index contributed by atoms with van der Waals surface area (Å²) in [6, 6.07) is 15.1. The van der Waals surface area contributed by atoms with Gasteiger partial charge in [0.05, 0.1) is 11.9 Å². The Balaban J connectivity index is 1.79.